The molecule has 0 aliphatic heterocycles. The number of thiazole rings is 1. The van der Waals surface area contributed by atoms with Crippen LogP contribution in [-0.2, 0) is 0 Å². The van der Waals surface area contributed by atoms with Crippen molar-refractivity contribution in [3.8, 4) is 11.3 Å². The smallest absolute Gasteiger partial charge is 0.269 e. The van der Waals surface area contributed by atoms with Crippen LogP contribution in [0.4, 0.5) is 0 Å². The Morgan fingerprint density at radius 1 is 0.939 bits per heavy atom. The van der Waals surface area contributed by atoms with Crippen molar-refractivity contribution in [3.63, 3.8) is 0 Å². The Morgan fingerprint density at radius 2 is 1.58 bits per heavy atom. The molecule has 2 aromatic heterocycles. The van der Waals surface area contributed by atoms with Crippen molar-refractivity contribution in [2.24, 2.45) is 0 Å². The molecule has 0 bridgehead atoms. The fourth-order valence-electron chi connectivity index (χ4n) is 4.13. The molecular formula is C28H25N3OS. The van der Waals surface area contributed by atoms with Crippen LogP contribution in [0.3, 0.4) is 0 Å². The summed E-state index contributed by atoms with van der Waals surface area (Å²) in [6.45, 7) is 2.66. The minimum Gasteiger partial charge on any atom is -0.351 e. The summed E-state index contributed by atoms with van der Waals surface area (Å²) in [7, 11) is 0. The number of nitrogens with one attached hydrogen (secondary N) is 1. The number of carbonyl (C=O) groups is 1. The summed E-state index contributed by atoms with van der Waals surface area (Å²) in [5.74, 6) is 0.158. The van der Waals surface area contributed by atoms with Crippen molar-refractivity contribution < 1.29 is 4.79 Å². The fourth-order valence-corrected chi connectivity index (χ4v) is 4.98. The molecule has 0 aliphatic carbocycles. The maximum atomic E-state index is 13.0. The van der Waals surface area contributed by atoms with Gasteiger partial charge in [-0.3, -0.25) is 9.20 Å². The highest BCUT2D eigenvalue weighted by Crippen LogP contribution is 2.28. The van der Waals surface area contributed by atoms with Gasteiger partial charge in [0, 0.05) is 29.6 Å². The van der Waals surface area contributed by atoms with Crippen LogP contribution in [0, 0.1) is 6.92 Å². The van der Waals surface area contributed by atoms with E-state index in [0.29, 0.717) is 12.2 Å². The van der Waals surface area contributed by atoms with Crippen molar-refractivity contribution in [2.45, 2.75) is 19.3 Å². The van der Waals surface area contributed by atoms with Crippen LogP contribution in [0.1, 0.15) is 39.5 Å². The molecule has 2 heterocycles. The molecule has 5 heteroatoms. The number of rotatable bonds is 7. The predicted octanol–water partition coefficient (Wildman–Crippen LogP) is 6.32. The summed E-state index contributed by atoms with van der Waals surface area (Å²) >= 11 is 1.49. The molecule has 5 rings (SSSR count). The van der Waals surface area contributed by atoms with E-state index in [2.05, 4.69) is 85.0 Å². The van der Waals surface area contributed by atoms with E-state index in [1.54, 1.807) is 0 Å². The van der Waals surface area contributed by atoms with E-state index in [4.69, 9.17) is 4.98 Å². The van der Waals surface area contributed by atoms with E-state index in [1.807, 2.05) is 28.1 Å². The SMILES string of the molecule is Cc1ccc(-c2cn3c(C(=O)NCCC(c4ccccc4)c4ccccc4)csc3n2)cc1. The number of fused-ring (bicyclic) bond motifs is 1. The molecule has 0 unspecified atom stereocenters. The van der Waals surface area contributed by atoms with Crippen LogP contribution < -0.4 is 5.32 Å². The number of amides is 1. The van der Waals surface area contributed by atoms with Gasteiger partial charge in [0.1, 0.15) is 5.69 Å². The van der Waals surface area contributed by atoms with Gasteiger partial charge in [-0.15, -0.1) is 11.3 Å². The predicted molar refractivity (Wildman–Crippen MR) is 135 cm³/mol. The molecule has 1 amide bonds. The zero-order valence-electron chi connectivity index (χ0n) is 18.4. The number of nitrogens with zero attached hydrogens (tertiary/aromatic N) is 2. The highest BCUT2D eigenvalue weighted by atomic mass is 32.1. The molecule has 1 N–H and O–H groups in total. The van der Waals surface area contributed by atoms with E-state index in [0.717, 1.165) is 22.6 Å². The average Bonchev–Trinajstić information content (AvgIpc) is 3.44. The van der Waals surface area contributed by atoms with E-state index in [1.165, 1.54) is 28.0 Å². The Morgan fingerprint density at radius 3 is 2.21 bits per heavy atom. The van der Waals surface area contributed by atoms with Gasteiger partial charge >= 0.3 is 0 Å². The topological polar surface area (TPSA) is 46.4 Å². The minimum absolute atomic E-state index is 0.0750. The summed E-state index contributed by atoms with van der Waals surface area (Å²) < 4.78 is 1.89. The second-order valence-electron chi connectivity index (χ2n) is 8.18. The van der Waals surface area contributed by atoms with Gasteiger partial charge in [-0.25, -0.2) is 4.98 Å². The van der Waals surface area contributed by atoms with Crippen molar-refractivity contribution in [1.82, 2.24) is 14.7 Å². The standard InChI is InChI=1S/C28H25N3OS/c1-20-12-14-23(15-13-20)25-18-31-26(19-33-28(31)30-25)27(32)29-17-16-24(21-8-4-2-5-9-21)22-10-6-3-7-11-22/h2-15,18-19,24H,16-17H2,1H3,(H,29,32). The Balaban J connectivity index is 1.31. The van der Waals surface area contributed by atoms with Gasteiger partial charge in [0.25, 0.3) is 5.91 Å². The van der Waals surface area contributed by atoms with Crippen LogP contribution in [0.25, 0.3) is 16.2 Å². The average molecular weight is 452 g/mol. The van der Waals surface area contributed by atoms with E-state index < -0.39 is 0 Å². The molecule has 0 atom stereocenters. The quantitative estimate of drug-likeness (QED) is 0.315. The third kappa shape index (κ3) is 4.59. The maximum Gasteiger partial charge on any atom is 0.269 e. The van der Waals surface area contributed by atoms with Crippen LogP contribution >= 0.6 is 11.3 Å². The Labute approximate surface area is 197 Å². The lowest BCUT2D eigenvalue weighted by atomic mass is 9.88. The molecule has 0 aliphatic rings. The lowest BCUT2D eigenvalue weighted by Gasteiger charge is -2.18. The molecule has 0 radical (unpaired) electrons. The number of imidazole rings is 1. The second-order valence-corrected chi connectivity index (χ2v) is 9.02. The zero-order valence-corrected chi connectivity index (χ0v) is 19.3. The highest BCUT2D eigenvalue weighted by molar-refractivity contribution is 7.15. The van der Waals surface area contributed by atoms with Crippen molar-refractivity contribution in [3.05, 3.63) is 119 Å². The van der Waals surface area contributed by atoms with Crippen molar-refractivity contribution in [1.29, 1.82) is 0 Å². The Kier molecular flexibility index (Phi) is 6.05. The third-order valence-electron chi connectivity index (χ3n) is 5.91. The molecule has 33 heavy (non-hydrogen) atoms. The first-order valence-corrected chi connectivity index (χ1v) is 12.0. The number of benzene rings is 3. The molecule has 0 spiro atoms. The molecular weight excluding hydrogens is 426 g/mol. The molecule has 0 fully saturated rings. The number of aromatic nitrogens is 2. The van der Waals surface area contributed by atoms with E-state index >= 15 is 0 Å². The fraction of sp³-hybridized carbons (Fsp3) is 0.143. The second kappa shape index (κ2) is 9.43. The molecule has 4 nitrogen and oxygen atoms in total. The molecule has 164 valence electrons. The Bertz CT molecular complexity index is 1320. The van der Waals surface area contributed by atoms with E-state index in [9.17, 15) is 4.79 Å². The largest absolute Gasteiger partial charge is 0.351 e. The van der Waals surface area contributed by atoms with Crippen LogP contribution in [0.15, 0.2) is 96.5 Å². The molecule has 5 aromatic rings. The summed E-state index contributed by atoms with van der Waals surface area (Å²) in [6, 6.07) is 29.2. The number of hydrogen-bond acceptors (Lipinski definition) is 3. The summed E-state index contributed by atoms with van der Waals surface area (Å²) in [5, 5.41) is 5.00. The van der Waals surface area contributed by atoms with E-state index in [-0.39, 0.29) is 11.8 Å². The van der Waals surface area contributed by atoms with Gasteiger partial charge in [0.05, 0.1) is 5.69 Å². The van der Waals surface area contributed by atoms with Crippen molar-refractivity contribution in [2.75, 3.05) is 6.54 Å². The summed E-state index contributed by atoms with van der Waals surface area (Å²) in [5.41, 5.74) is 6.28. The lowest BCUT2D eigenvalue weighted by molar-refractivity contribution is 0.0947. The van der Waals surface area contributed by atoms with Gasteiger partial charge in [-0.1, -0.05) is 90.5 Å². The first kappa shape index (κ1) is 21.2. The number of hydrogen-bond donors (Lipinski definition) is 1. The molecule has 0 saturated carbocycles. The van der Waals surface area contributed by atoms with Crippen molar-refractivity contribution >= 4 is 22.2 Å². The van der Waals surface area contributed by atoms with Crippen LogP contribution in [-0.4, -0.2) is 21.8 Å². The first-order valence-electron chi connectivity index (χ1n) is 11.1. The van der Waals surface area contributed by atoms with Crippen LogP contribution in [0.5, 0.6) is 0 Å². The van der Waals surface area contributed by atoms with Gasteiger partial charge in [-0.05, 0) is 24.5 Å². The highest BCUT2D eigenvalue weighted by Gasteiger charge is 2.17. The normalized spacial score (nSPS) is 11.2. The number of carbonyl (C=O) groups excluding carboxylic acids is 1. The van der Waals surface area contributed by atoms with Gasteiger partial charge in [0.15, 0.2) is 4.96 Å². The Hall–Kier alpha value is -3.70. The summed E-state index contributed by atoms with van der Waals surface area (Å²) in [4.78, 5) is 18.5. The lowest BCUT2D eigenvalue weighted by Crippen LogP contribution is -2.26. The summed E-state index contributed by atoms with van der Waals surface area (Å²) in [6.07, 6.45) is 2.77. The third-order valence-corrected chi connectivity index (χ3v) is 6.75. The van der Waals surface area contributed by atoms with Gasteiger partial charge in [0.2, 0.25) is 0 Å². The maximum absolute atomic E-state index is 13.0. The minimum atomic E-state index is -0.0750. The first-order chi connectivity index (χ1) is 16.2. The van der Waals surface area contributed by atoms with Gasteiger partial charge in [-0.2, -0.15) is 0 Å². The monoisotopic (exact) mass is 451 g/mol. The molecule has 3 aromatic carbocycles. The van der Waals surface area contributed by atoms with Gasteiger partial charge < -0.3 is 5.32 Å². The molecule has 0 saturated heterocycles. The van der Waals surface area contributed by atoms with Crippen LogP contribution in [0.2, 0.25) is 0 Å². The zero-order chi connectivity index (χ0) is 22.6. The number of aryl methyl sites for hydroxylation is 1.